The van der Waals surface area contributed by atoms with Gasteiger partial charge >= 0.3 is 18.8 Å². The molecule has 10 atom stereocenters. The predicted octanol–water partition coefficient (Wildman–Crippen LogP) is 5.29. The van der Waals surface area contributed by atoms with Crippen LogP contribution >= 0.6 is 6.72 Å². The van der Waals surface area contributed by atoms with Crippen LogP contribution in [0.3, 0.4) is 0 Å². The molecule has 90 heavy (non-hydrogen) atoms. The van der Waals surface area contributed by atoms with Crippen LogP contribution in [0.1, 0.15) is 83.1 Å². The van der Waals surface area contributed by atoms with E-state index in [9.17, 15) is 38.7 Å². The van der Waals surface area contributed by atoms with E-state index in [-0.39, 0.29) is 92.3 Å². The van der Waals surface area contributed by atoms with Gasteiger partial charge in [-0.3, -0.25) is 42.2 Å². The van der Waals surface area contributed by atoms with Crippen LogP contribution in [0.25, 0.3) is 22.3 Å². The summed E-state index contributed by atoms with van der Waals surface area (Å²) in [6.07, 6.45) is -6.76. The highest BCUT2D eigenvalue weighted by molar-refractivity contribution is 8.07. The lowest BCUT2D eigenvalue weighted by Crippen LogP contribution is -2.50. The van der Waals surface area contributed by atoms with Gasteiger partial charge in [0.2, 0.25) is 11.8 Å². The molecule has 3 aliphatic rings. The van der Waals surface area contributed by atoms with Crippen molar-refractivity contribution >= 4 is 98.6 Å². The molecular formula is C56H80FN12O17PSSi2. The van der Waals surface area contributed by atoms with Crippen molar-refractivity contribution in [1.82, 2.24) is 54.2 Å². The number of halogens is 1. The first-order chi connectivity index (χ1) is 42.6. The second kappa shape index (κ2) is 29.9. The van der Waals surface area contributed by atoms with Crippen LogP contribution in [0.15, 0.2) is 60.4 Å². The number of aromatic nitrogens is 8. The number of imidazole rings is 2. The number of hydrogen-bond acceptors (Lipinski definition) is 23. The van der Waals surface area contributed by atoms with Crippen LogP contribution in [-0.4, -0.2) is 196 Å². The summed E-state index contributed by atoms with van der Waals surface area (Å²) in [5, 5.41) is 18.0. The van der Waals surface area contributed by atoms with Crippen molar-refractivity contribution in [1.29, 1.82) is 0 Å². The number of aliphatic hydroxyl groups is 1. The summed E-state index contributed by atoms with van der Waals surface area (Å²) in [6.45, 7) is 13.4. The van der Waals surface area contributed by atoms with Crippen molar-refractivity contribution in [2.45, 2.75) is 166 Å². The molecule has 8 rings (SSSR count). The van der Waals surface area contributed by atoms with Crippen LogP contribution in [0.4, 0.5) is 15.0 Å². The molecule has 4 amide bonds. The zero-order valence-corrected chi connectivity index (χ0v) is 55.7. The molecule has 0 bridgehead atoms. The first-order valence-corrected chi connectivity index (χ1v) is 38.7. The number of alkyl carbamates (subject to hydrolysis) is 1. The highest BCUT2D eigenvalue weighted by Crippen LogP contribution is 2.55. The molecule has 29 nitrogen and oxygen atoms in total. The Hall–Kier alpha value is -6.37. The predicted molar refractivity (Wildman–Crippen MR) is 331 cm³/mol. The number of nitrogens with one attached hydrogen (secondary N) is 3. The summed E-state index contributed by atoms with van der Waals surface area (Å²) in [4.78, 5) is 114. The van der Waals surface area contributed by atoms with Gasteiger partial charge in [-0.2, -0.15) is 0 Å². The van der Waals surface area contributed by atoms with E-state index in [1.807, 2.05) is 33.9 Å². The number of alkyl halides is 1. The van der Waals surface area contributed by atoms with Gasteiger partial charge in [0.1, 0.15) is 56.1 Å². The fourth-order valence-electron chi connectivity index (χ4n) is 9.82. The van der Waals surface area contributed by atoms with E-state index >= 15 is 4.39 Å². The minimum absolute atomic E-state index is 0.0174. The molecule has 0 radical (unpaired) electrons. The number of fused-ring (bicyclic) bond motifs is 2. The van der Waals surface area contributed by atoms with E-state index in [4.69, 9.17) is 53.5 Å². The molecule has 492 valence electrons. The maximum atomic E-state index is 17.4. The second-order valence-corrected chi connectivity index (χ2v) is 38.1. The van der Waals surface area contributed by atoms with Crippen molar-refractivity contribution in [3.63, 3.8) is 0 Å². The third-order valence-corrected chi connectivity index (χ3v) is 24.3. The zero-order chi connectivity index (χ0) is 65.3. The average molecular weight is 1330 g/mol. The molecule has 3 fully saturated rings. The summed E-state index contributed by atoms with van der Waals surface area (Å²) in [6, 6.07) is 8.71. The Kier molecular flexibility index (Phi) is 23.1. The van der Waals surface area contributed by atoms with Crippen LogP contribution in [0.5, 0.6) is 0 Å². The fourth-order valence-corrected chi connectivity index (χ4v) is 13.9. The smallest absolute Gasteiger partial charge is 0.407 e. The van der Waals surface area contributed by atoms with Crippen molar-refractivity contribution in [3.8, 4) is 0 Å². The fraction of sp³-hybridized carbons (Fsp3) is 0.607. The van der Waals surface area contributed by atoms with Crippen LogP contribution < -0.4 is 21.5 Å². The van der Waals surface area contributed by atoms with Gasteiger partial charge in [-0.25, -0.2) is 34.1 Å². The summed E-state index contributed by atoms with van der Waals surface area (Å²) >= 11 is 6.18. The van der Waals surface area contributed by atoms with Gasteiger partial charge in [0.25, 0.3) is 11.5 Å². The van der Waals surface area contributed by atoms with E-state index in [0.717, 1.165) is 6.04 Å². The number of ether oxygens (including phenoxy) is 5. The highest BCUT2D eigenvalue weighted by atomic mass is 32.5. The highest BCUT2D eigenvalue weighted by Gasteiger charge is 2.55. The number of amides is 4. The molecule has 1 aromatic carbocycles. The monoisotopic (exact) mass is 1330 g/mol. The van der Waals surface area contributed by atoms with Crippen LogP contribution in [0, 0.1) is 0 Å². The van der Waals surface area contributed by atoms with E-state index in [2.05, 4.69) is 60.5 Å². The van der Waals surface area contributed by atoms with Crippen LogP contribution in [-0.2, 0) is 79.2 Å². The summed E-state index contributed by atoms with van der Waals surface area (Å²) in [7, 11) is -4.33. The molecule has 0 spiro atoms. The van der Waals surface area contributed by atoms with Gasteiger partial charge < -0.3 is 67.9 Å². The third-order valence-electron chi connectivity index (χ3n) is 15.8. The number of Topliss-reactive ketones (excluding diaryl/α,β-unsaturated/α-hetero) is 1. The molecule has 7 heterocycles. The number of esters is 1. The first kappa shape index (κ1) is 69.5. The molecule has 34 heteroatoms. The minimum Gasteiger partial charge on any atom is -0.455 e. The van der Waals surface area contributed by atoms with Crippen molar-refractivity contribution in [2.75, 3.05) is 58.2 Å². The quantitative estimate of drug-likeness (QED) is 0.0155. The number of nitrogens with zero attached hydrogens (tertiary/aromatic N) is 9. The SMILES string of the molecule is CC(=O)CCC(=O)O[C@@H]1[C@H](O[Si](C)(C)C(C)(C)C)[C@@H](CO[P@](=S)(OC[C@H]2CCCN2C(C)=O)O[C@H]2[C@@H](F)[C@H](n3cnc4c(NC(=O)c5ccccc5)ncnc43)O[C@@H]2CO)O[C@H]1n1cnc2c(=O)n(CCOCNC(=O)CNC(=O)OCC[Si](C)(C)C)cnc21. The molecule has 3 saturated heterocycles. The minimum atomic E-state index is -4.30. The van der Waals surface area contributed by atoms with E-state index in [1.54, 1.807) is 35.2 Å². The standard InChI is InChI=1S/C56H80FN12O17PSSi2/c1-34(71)18-19-41(74)84-47-46(86-90(9,10)56(3,4)5)39(83-54(47)69-32-62-44-50(69)63-30-66(52(44)76)21-22-78-33-64-40(73)25-58-55(77)79-23-24-89(6,7)8)28-81-87(88,80-27-37-17-14-20-67(37)35(2)72)85-45-38(26-70)82-53(42(45)57)68-31-61-43-48(59-29-60-49(43)68)65-51(75)36-15-12-11-13-16-36/h11-13,15-16,29-32,37-39,42,45-47,53-54,70H,14,17-28,33H2,1-10H3,(H,58,77)(H,64,73)(H,59,60,65,75)/t37-,38-,39-,42-,45-,46-,47-,53-,54-,87-/m1/s1. The molecule has 4 N–H and O–H groups in total. The summed E-state index contributed by atoms with van der Waals surface area (Å²) < 4.78 is 77.9. The number of aliphatic hydroxyl groups excluding tert-OH is 1. The van der Waals surface area contributed by atoms with Crippen molar-refractivity contribution < 1.29 is 79.9 Å². The Labute approximate surface area is 526 Å². The lowest BCUT2D eigenvalue weighted by Gasteiger charge is -2.40. The number of benzene rings is 1. The Morgan fingerprint density at radius 3 is 2.21 bits per heavy atom. The number of carbonyl (C=O) groups excluding carboxylic acids is 6. The number of rotatable bonds is 29. The molecule has 0 aliphatic carbocycles. The van der Waals surface area contributed by atoms with Gasteiger partial charge in [-0.1, -0.05) is 58.6 Å². The lowest BCUT2D eigenvalue weighted by molar-refractivity contribution is -0.158. The number of ketones is 1. The van der Waals surface area contributed by atoms with Crippen LogP contribution in [0.2, 0.25) is 43.8 Å². The number of likely N-dealkylation sites (tertiary alicyclic amines) is 1. The van der Waals surface area contributed by atoms with Gasteiger partial charge in [0, 0.05) is 33.5 Å². The molecular weight excluding hydrogens is 1250 g/mol. The molecule has 3 aliphatic heterocycles. The largest absolute Gasteiger partial charge is 0.455 e. The van der Waals surface area contributed by atoms with E-state index in [1.165, 1.54) is 52.9 Å². The van der Waals surface area contributed by atoms with E-state index < -0.39 is 126 Å². The second-order valence-electron chi connectivity index (χ2n) is 24.8. The summed E-state index contributed by atoms with van der Waals surface area (Å²) in [5.41, 5.74) is -0.136. The Morgan fingerprint density at radius 1 is 0.833 bits per heavy atom. The first-order valence-electron chi connectivity index (χ1n) is 29.5. The normalized spacial score (nSPS) is 22.8. The molecule has 0 unspecified atom stereocenters. The maximum Gasteiger partial charge on any atom is 0.407 e. The van der Waals surface area contributed by atoms with Gasteiger partial charge in [0.05, 0.1) is 64.7 Å². The van der Waals surface area contributed by atoms with E-state index in [0.29, 0.717) is 24.9 Å². The average Bonchev–Trinajstić information content (AvgIpc) is 1.62. The maximum absolute atomic E-state index is 17.4. The number of hydrogen-bond donors (Lipinski definition) is 4. The number of carbonyl (C=O) groups is 6. The Morgan fingerprint density at radius 2 is 1.52 bits per heavy atom. The number of anilines is 1. The topological polar surface area (TPSA) is 341 Å². The lowest BCUT2D eigenvalue weighted by atomic mass is 10.1. The van der Waals surface area contributed by atoms with Crippen molar-refractivity contribution in [2.24, 2.45) is 0 Å². The molecule has 5 aromatic rings. The molecule has 0 saturated carbocycles. The third kappa shape index (κ3) is 17.4. The Balaban J connectivity index is 1.05. The zero-order valence-electron chi connectivity index (χ0n) is 52.0. The summed E-state index contributed by atoms with van der Waals surface area (Å²) in [5.74, 6) is -2.21. The Bertz CT molecular complexity index is 3480. The van der Waals surface area contributed by atoms with Gasteiger partial charge in [-0.15, -0.1) is 0 Å². The van der Waals surface area contributed by atoms with Gasteiger partial charge in [0.15, 0.2) is 61.2 Å². The van der Waals surface area contributed by atoms with Crippen molar-refractivity contribution in [3.05, 3.63) is 71.6 Å². The molecule has 4 aromatic heterocycles. The van der Waals surface area contributed by atoms with Gasteiger partial charge in [-0.05, 0) is 67.9 Å².